The zero-order valence-electron chi connectivity index (χ0n) is 15.6. The number of hydrogen-bond acceptors (Lipinski definition) is 8. The van der Waals surface area contributed by atoms with Crippen LogP contribution in [0.25, 0.3) is 0 Å². The monoisotopic (exact) mass is 510 g/mol. The molecule has 1 aromatic rings. The zero-order chi connectivity index (χ0) is 20.8. The number of nitrogens with one attached hydrogen (secondary N) is 1. The molecule has 11 heteroatoms. The molecule has 3 heterocycles. The van der Waals surface area contributed by atoms with E-state index in [9.17, 15) is 15.0 Å². The number of β-amino-alcohol motifs (C(OH)–C–C–N with tert-alkyl or cyclic N) is 2. The van der Waals surface area contributed by atoms with Crippen molar-refractivity contribution in [3.05, 3.63) is 15.8 Å². The predicted octanol–water partition coefficient (Wildman–Crippen LogP) is -0.566. The number of halogens is 1. The van der Waals surface area contributed by atoms with Gasteiger partial charge in [0.25, 0.3) is 0 Å². The van der Waals surface area contributed by atoms with Crippen LogP contribution in [0.1, 0.15) is 12.8 Å². The van der Waals surface area contributed by atoms with Crippen LogP contribution in [0.5, 0.6) is 0 Å². The van der Waals surface area contributed by atoms with Crippen molar-refractivity contribution in [3.8, 4) is 0 Å². The number of pyridine rings is 1. The minimum Gasteiger partial charge on any atom is -0.465 e. The molecule has 28 heavy (non-hydrogen) atoms. The van der Waals surface area contributed by atoms with Crippen molar-refractivity contribution in [2.24, 2.45) is 0 Å². The van der Waals surface area contributed by atoms with Crippen LogP contribution in [0, 0.1) is 3.57 Å². The Morgan fingerprint density at radius 1 is 1.32 bits per heavy atom. The molecule has 4 atom stereocenters. The lowest BCUT2D eigenvalue weighted by atomic mass is 10.2. The smallest absolute Gasteiger partial charge is 0.411 e. The fourth-order valence-electron chi connectivity index (χ4n) is 3.20. The molecule has 0 saturated carbocycles. The molecule has 2 fully saturated rings. The molecular weight excluding hydrogens is 483 g/mol. The van der Waals surface area contributed by atoms with E-state index < -0.39 is 12.2 Å². The summed E-state index contributed by atoms with van der Waals surface area (Å²) in [6.07, 6.45) is 0.911. The van der Waals surface area contributed by atoms with Crippen LogP contribution in [0.2, 0.25) is 0 Å². The largest absolute Gasteiger partial charge is 0.465 e. The summed E-state index contributed by atoms with van der Waals surface area (Å²) in [7, 11) is 1.46. The first-order valence-corrected chi connectivity index (χ1v) is 10.0. The number of rotatable bonds is 4. The van der Waals surface area contributed by atoms with Gasteiger partial charge in [0.05, 0.1) is 43.3 Å². The second kappa shape index (κ2) is 10.5. The number of aliphatic hydroxyl groups is 4. The van der Waals surface area contributed by atoms with Gasteiger partial charge in [-0.25, -0.2) is 9.78 Å². The predicted molar refractivity (Wildman–Crippen MR) is 112 cm³/mol. The fraction of sp³-hybridized carbons (Fsp3) is 0.647. The van der Waals surface area contributed by atoms with Crippen molar-refractivity contribution in [2.45, 2.75) is 37.1 Å². The number of anilines is 2. The SMILES string of the molecule is CN(C(=O)O)c1cnc(N2C[C@H](O)C[C@H]2CO)cc1I.OC[C@@H]1C[C@@H](O)CN1. The van der Waals surface area contributed by atoms with Gasteiger partial charge in [0.1, 0.15) is 5.82 Å². The highest BCUT2D eigenvalue weighted by Gasteiger charge is 2.31. The Kier molecular flexibility index (Phi) is 8.64. The van der Waals surface area contributed by atoms with Gasteiger partial charge < -0.3 is 35.7 Å². The van der Waals surface area contributed by atoms with Crippen molar-refractivity contribution in [1.29, 1.82) is 0 Å². The van der Waals surface area contributed by atoms with E-state index in [0.717, 1.165) is 8.47 Å². The van der Waals surface area contributed by atoms with E-state index in [1.165, 1.54) is 13.2 Å². The molecule has 10 nitrogen and oxygen atoms in total. The van der Waals surface area contributed by atoms with Crippen LogP contribution in [0.4, 0.5) is 16.3 Å². The van der Waals surface area contributed by atoms with Crippen LogP contribution in [0.15, 0.2) is 12.3 Å². The summed E-state index contributed by atoms with van der Waals surface area (Å²) in [5.74, 6) is 0.632. The van der Waals surface area contributed by atoms with Crippen molar-refractivity contribution < 1.29 is 30.3 Å². The lowest BCUT2D eigenvalue weighted by Crippen LogP contribution is -2.33. The molecule has 0 unspecified atom stereocenters. The van der Waals surface area contributed by atoms with Gasteiger partial charge in [0.15, 0.2) is 0 Å². The molecule has 0 aromatic carbocycles. The first-order valence-electron chi connectivity index (χ1n) is 8.96. The molecule has 2 aliphatic heterocycles. The Labute approximate surface area is 176 Å². The van der Waals surface area contributed by atoms with Crippen molar-refractivity contribution >= 4 is 40.2 Å². The second-order valence-corrected chi connectivity index (χ2v) is 8.05. The van der Waals surface area contributed by atoms with Gasteiger partial charge >= 0.3 is 6.09 Å². The Morgan fingerprint density at radius 2 is 2.04 bits per heavy atom. The fourth-order valence-corrected chi connectivity index (χ4v) is 3.98. The first kappa shape index (κ1) is 23.0. The number of carboxylic acid groups (broad SMARTS) is 1. The molecule has 158 valence electrons. The molecule has 0 spiro atoms. The third-order valence-electron chi connectivity index (χ3n) is 4.78. The molecule has 0 aliphatic carbocycles. The van der Waals surface area contributed by atoms with Crippen LogP contribution in [-0.4, -0.2) is 94.3 Å². The summed E-state index contributed by atoms with van der Waals surface area (Å²) in [5.41, 5.74) is 0.502. The average molecular weight is 510 g/mol. The highest BCUT2D eigenvalue weighted by atomic mass is 127. The van der Waals surface area contributed by atoms with Gasteiger partial charge in [-0.1, -0.05) is 0 Å². The Morgan fingerprint density at radius 3 is 2.50 bits per heavy atom. The number of hydrogen-bond donors (Lipinski definition) is 6. The first-order chi connectivity index (χ1) is 13.3. The minimum atomic E-state index is -1.05. The van der Waals surface area contributed by atoms with Crippen LogP contribution in [-0.2, 0) is 0 Å². The van der Waals surface area contributed by atoms with Gasteiger partial charge in [-0.2, -0.15) is 0 Å². The lowest BCUT2D eigenvalue weighted by Gasteiger charge is -2.25. The summed E-state index contributed by atoms with van der Waals surface area (Å²) in [6.45, 7) is 1.14. The van der Waals surface area contributed by atoms with E-state index >= 15 is 0 Å². The third kappa shape index (κ3) is 5.87. The topological polar surface area (TPSA) is 150 Å². The van der Waals surface area contributed by atoms with Gasteiger partial charge in [0, 0.05) is 29.7 Å². The Hall–Kier alpha value is -1.25. The van der Waals surface area contributed by atoms with E-state index in [1.54, 1.807) is 6.07 Å². The molecule has 2 saturated heterocycles. The normalized spacial score (nSPS) is 26.7. The average Bonchev–Trinajstić information content (AvgIpc) is 3.26. The number of aliphatic hydroxyl groups excluding tert-OH is 4. The highest BCUT2D eigenvalue weighted by Crippen LogP contribution is 2.29. The van der Waals surface area contributed by atoms with E-state index in [0.29, 0.717) is 37.4 Å². The molecule has 6 N–H and O–H groups in total. The number of aromatic nitrogens is 1. The summed E-state index contributed by atoms with van der Waals surface area (Å²) < 4.78 is 0.746. The van der Waals surface area contributed by atoms with Gasteiger partial charge in [0.2, 0.25) is 0 Å². The number of nitrogens with zero attached hydrogens (tertiary/aromatic N) is 3. The van der Waals surface area contributed by atoms with Gasteiger partial charge in [-0.15, -0.1) is 0 Å². The summed E-state index contributed by atoms with van der Waals surface area (Å²) in [4.78, 5) is 18.1. The zero-order valence-corrected chi connectivity index (χ0v) is 17.7. The van der Waals surface area contributed by atoms with Crippen LogP contribution >= 0.6 is 22.6 Å². The van der Waals surface area contributed by atoms with E-state index in [4.69, 9.17) is 15.3 Å². The van der Waals surface area contributed by atoms with Gasteiger partial charge in [-0.3, -0.25) is 4.90 Å². The van der Waals surface area contributed by atoms with Crippen molar-refractivity contribution in [1.82, 2.24) is 10.3 Å². The maximum Gasteiger partial charge on any atom is 0.411 e. The summed E-state index contributed by atoms with van der Waals surface area (Å²) >= 11 is 2.05. The number of amides is 1. The highest BCUT2D eigenvalue weighted by molar-refractivity contribution is 14.1. The minimum absolute atomic E-state index is 0.0495. The van der Waals surface area contributed by atoms with E-state index in [1.807, 2.05) is 27.5 Å². The molecular formula is C17H27IN4O6. The Bertz CT molecular complexity index is 667. The second-order valence-electron chi connectivity index (χ2n) is 6.89. The van der Waals surface area contributed by atoms with Crippen LogP contribution in [0.3, 0.4) is 0 Å². The van der Waals surface area contributed by atoms with Crippen molar-refractivity contribution in [2.75, 3.05) is 43.2 Å². The molecule has 2 aliphatic rings. The molecule has 3 rings (SSSR count). The van der Waals surface area contributed by atoms with Crippen LogP contribution < -0.4 is 15.1 Å². The third-order valence-corrected chi connectivity index (χ3v) is 5.65. The summed E-state index contributed by atoms with van der Waals surface area (Å²) in [6, 6.07) is 1.73. The molecule has 1 aromatic heterocycles. The number of carbonyl (C=O) groups is 1. The maximum absolute atomic E-state index is 11.0. The molecule has 0 bridgehead atoms. The lowest BCUT2D eigenvalue weighted by molar-refractivity contribution is 0.184. The standard InChI is InChI=1S/C12H16IN3O4.C5H11NO2/c1-15(12(19)20)10-4-14-11(3-9(10)13)16-5-8(18)2-7(16)6-17;7-3-4-1-5(8)2-6-4/h3-4,7-8,17-18H,2,5-6H2,1H3,(H,19,20);4-8H,1-3H2/t7-,8+;4-,5+/m00/s1. The van der Waals surface area contributed by atoms with E-state index in [2.05, 4.69) is 10.3 Å². The molecule has 0 radical (unpaired) electrons. The molecule has 1 amide bonds. The van der Waals surface area contributed by atoms with Gasteiger partial charge in [-0.05, 0) is 41.5 Å². The quantitative estimate of drug-likeness (QED) is 0.293. The summed E-state index contributed by atoms with van der Waals surface area (Å²) in [5, 5.41) is 48.3. The van der Waals surface area contributed by atoms with Crippen molar-refractivity contribution in [3.63, 3.8) is 0 Å². The van der Waals surface area contributed by atoms with E-state index in [-0.39, 0.29) is 31.4 Å². The Balaban J connectivity index is 0.000000292. The maximum atomic E-state index is 11.0.